The van der Waals surface area contributed by atoms with Gasteiger partial charge in [0.2, 0.25) is 0 Å². The highest BCUT2D eigenvalue weighted by molar-refractivity contribution is 5.84. The molecule has 4 N–H and O–H groups in total. The molecule has 0 saturated heterocycles. The van der Waals surface area contributed by atoms with Gasteiger partial charge in [-0.1, -0.05) is 74.0 Å². The fraction of sp³-hybridized carbons (Fsp3) is 0.440. The average molecular weight is 419 g/mol. The van der Waals surface area contributed by atoms with Gasteiger partial charge in [0.15, 0.2) is 11.9 Å². The monoisotopic (exact) mass is 418 g/mol. The molecule has 3 unspecified atom stereocenters. The summed E-state index contributed by atoms with van der Waals surface area (Å²) < 4.78 is 0. The van der Waals surface area contributed by atoms with Crippen molar-refractivity contribution < 1.29 is 0 Å². The fourth-order valence-corrected chi connectivity index (χ4v) is 5.05. The third-order valence-electron chi connectivity index (χ3n) is 6.48. The number of guanidine groups is 2. The standard InChI is InChI=1S/C25H34N6/c1-3-10-21-18-30(24(27)29-21)25(2,16-20-13-8-5-9-14-20)31-22(17-28-23(31)26)15-19-11-6-4-7-12-19/h4-9,11-14,21-22H,3,10,15-18H2,1-2H3,(H2,26,28)(H2,27,29). The molecule has 0 fully saturated rings. The summed E-state index contributed by atoms with van der Waals surface area (Å²) in [4.78, 5) is 14.0. The summed E-state index contributed by atoms with van der Waals surface area (Å²) in [6, 6.07) is 21.5. The third kappa shape index (κ3) is 4.38. The molecule has 31 heavy (non-hydrogen) atoms. The van der Waals surface area contributed by atoms with Crippen LogP contribution in [0.5, 0.6) is 0 Å². The van der Waals surface area contributed by atoms with Gasteiger partial charge in [0.25, 0.3) is 0 Å². The van der Waals surface area contributed by atoms with E-state index in [-0.39, 0.29) is 12.1 Å². The van der Waals surface area contributed by atoms with E-state index in [1.54, 1.807) is 0 Å². The van der Waals surface area contributed by atoms with Crippen LogP contribution in [0.3, 0.4) is 0 Å². The lowest BCUT2D eigenvalue weighted by Gasteiger charge is -2.49. The molecule has 0 aromatic heterocycles. The summed E-state index contributed by atoms with van der Waals surface area (Å²) >= 11 is 0. The van der Waals surface area contributed by atoms with Crippen LogP contribution >= 0.6 is 0 Å². The maximum atomic E-state index is 6.54. The Balaban J connectivity index is 1.69. The van der Waals surface area contributed by atoms with E-state index in [4.69, 9.17) is 16.5 Å². The normalized spacial score (nSPS) is 22.9. The Morgan fingerprint density at radius 1 is 0.968 bits per heavy atom. The first-order valence-corrected chi connectivity index (χ1v) is 11.3. The highest BCUT2D eigenvalue weighted by Gasteiger charge is 2.47. The maximum absolute atomic E-state index is 6.54. The molecular weight excluding hydrogens is 384 g/mol. The van der Waals surface area contributed by atoms with Crippen molar-refractivity contribution in [3.63, 3.8) is 0 Å². The number of nitrogens with two attached hydrogens (primary N) is 2. The molecule has 4 rings (SSSR count). The Kier molecular flexibility index (Phi) is 6.16. The zero-order chi connectivity index (χ0) is 21.8. The Morgan fingerprint density at radius 2 is 1.61 bits per heavy atom. The molecule has 2 aliphatic heterocycles. The van der Waals surface area contributed by atoms with E-state index in [0.29, 0.717) is 18.5 Å². The van der Waals surface area contributed by atoms with Gasteiger partial charge in [-0.15, -0.1) is 0 Å². The smallest absolute Gasteiger partial charge is 0.193 e. The number of aliphatic imine (C=N–C) groups is 2. The van der Waals surface area contributed by atoms with Crippen molar-refractivity contribution >= 4 is 11.9 Å². The van der Waals surface area contributed by atoms with Crippen LogP contribution in [0.2, 0.25) is 0 Å². The Hall–Kier alpha value is -3.02. The summed E-state index contributed by atoms with van der Waals surface area (Å²) in [6.07, 6.45) is 3.80. The van der Waals surface area contributed by atoms with Crippen molar-refractivity contribution in [3.05, 3.63) is 71.8 Å². The van der Waals surface area contributed by atoms with Crippen LogP contribution in [0.1, 0.15) is 37.8 Å². The Bertz CT molecular complexity index is 926. The predicted octanol–water partition coefficient (Wildman–Crippen LogP) is 2.99. The molecule has 2 aliphatic rings. The molecule has 0 amide bonds. The summed E-state index contributed by atoms with van der Waals surface area (Å²) in [5.74, 6) is 1.20. The van der Waals surface area contributed by atoms with Gasteiger partial charge in [0.1, 0.15) is 5.66 Å². The molecule has 6 heteroatoms. The number of rotatable bonds is 8. The first kappa shape index (κ1) is 21.2. The van der Waals surface area contributed by atoms with Crippen LogP contribution in [0.25, 0.3) is 0 Å². The topological polar surface area (TPSA) is 83.2 Å². The van der Waals surface area contributed by atoms with E-state index >= 15 is 0 Å². The molecule has 0 aliphatic carbocycles. The van der Waals surface area contributed by atoms with Gasteiger partial charge >= 0.3 is 0 Å². The van der Waals surface area contributed by atoms with E-state index in [1.165, 1.54) is 11.1 Å². The lowest BCUT2D eigenvalue weighted by Crippen LogP contribution is -2.67. The van der Waals surface area contributed by atoms with E-state index in [0.717, 1.165) is 32.2 Å². The number of hydrogen-bond donors (Lipinski definition) is 2. The van der Waals surface area contributed by atoms with Gasteiger partial charge in [-0.05, 0) is 30.9 Å². The van der Waals surface area contributed by atoms with Crippen LogP contribution < -0.4 is 11.5 Å². The molecule has 164 valence electrons. The van der Waals surface area contributed by atoms with Crippen molar-refractivity contribution in [2.45, 2.75) is 57.3 Å². The first-order valence-electron chi connectivity index (χ1n) is 11.3. The van der Waals surface area contributed by atoms with Gasteiger partial charge in [0, 0.05) is 13.0 Å². The van der Waals surface area contributed by atoms with Crippen molar-refractivity contribution in [2.75, 3.05) is 13.1 Å². The third-order valence-corrected chi connectivity index (χ3v) is 6.48. The minimum absolute atomic E-state index is 0.175. The zero-order valence-corrected chi connectivity index (χ0v) is 18.6. The van der Waals surface area contributed by atoms with Crippen molar-refractivity contribution in [3.8, 4) is 0 Å². The molecule has 6 nitrogen and oxygen atoms in total. The SMILES string of the molecule is CCCC1CN(C(C)(Cc2ccccc2)N2C(N)=NCC2Cc2ccccc2)C(N)=N1. The molecule has 3 atom stereocenters. The van der Waals surface area contributed by atoms with Crippen LogP contribution in [-0.4, -0.2) is 52.6 Å². The number of nitrogens with zero attached hydrogens (tertiary/aromatic N) is 4. The average Bonchev–Trinajstić information content (AvgIpc) is 3.32. The first-order chi connectivity index (χ1) is 15.0. The van der Waals surface area contributed by atoms with Gasteiger partial charge < -0.3 is 21.3 Å². The second kappa shape index (κ2) is 9.00. The van der Waals surface area contributed by atoms with E-state index in [9.17, 15) is 0 Å². The van der Waals surface area contributed by atoms with Crippen LogP contribution in [-0.2, 0) is 12.8 Å². The van der Waals surface area contributed by atoms with E-state index in [2.05, 4.69) is 83.2 Å². The van der Waals surface area contributed by atoms with Crippen molar-refractivity contribution in [1.82, 2.24) is 9.80 Å². The molecular formula is C25H34N6. The maximum Gasteiger partial charge on any atom is 0.193 e. The minimum atomic E-state index is -0.457. The highest BCUT2D eigenvalue weighted by atomic mass is 15.5. The summed E-state index contributed by atoms with van der Waals surface area (Å²) in [5.41, 5.74) is 15.1. The van der Waals surface area contributed by atoms with Crippen LogP contribution in [0.4, 0.5) is 0 Å². The lowest BCUT2D eigenvalue weighted by atomic mass is 9.94. The van der Waals surface area contributed by atoms with Gasteiger partial charge in [-0.2, -0.15) is 0 Å². The largest absolute Gasteiger partial charge is 0.370 e. The Morgan fingerprint density at radius 3 is 2.26 bits per heavy atom. The minimum Gasteiger partial charge on any atom is -0.370 e. The molecule has 0 radical (unpaired) electrons. The molecule has 2 aromatic rings. The van der Waals surface area contributed by atoms with Gasteiger partial charge in [-0.3, -0.25) is 4.99 Å². The summed E-state index contributed by atoms with van der Waals surface area (Å²) in [6.45, 7) is 5.93. The van der Waals surface area contributed by atoms with Gasteiger partial charge in [0.05, 0.1) is 18.6 Å². The molecule has 0 spiro atoms. The quantitative estimate of drug-likeness (QED) is 0.690. The Labute approximate surface area is 185 Å². The summed E-state index contributed by atoms with van der Waals surface area (Å²) in [7, 11) is 0. The second-order valence-electron chi connectivity index (χ2n) is 8.83. The number of benzene rings is 2. The van der Waals surface area contributed by atoms with Gasteiger partial charge in [-0.25, -0.2) is 4.99 Å². The highest BCUT2D eigenvalue weighted by Crippen LogP contribution is 2.33. The molecule has 2 heterocycles. The van der Waals surface area contributed by atoms with E-state index in [1.807, 2.05) is 6.07 Å². The second-order valence-corrected chi connectivity index (χ2v) is 8.83. The number of hydrogen-bond acceptors (Lipinski definition) is 6. The molecule has 2 aromatic carbocycles. The van der Waals surface area contributed by atoms with E-state index < -0.39 is 5.66 Å². The molecule has 0 bridgehead atoms. The van der Waals surface area contributed by atoms with Crippen LogP contribution in [0.15, 0.2) is 70.6 Å². The zero-order valence-electron chi connectivity index (χ0n) is 18.6. The predicted molar refractivity (Wildman–Crippen MR) is 128 cm³/mol. The van der Waals surface area contributed by atoms with Crippen molar-refractivity contribution in [2.24, 2.45) is 21.5 Å². The lowest BCUT2D eigenvalue weighted by molar-refractivity contribution is 0.0324. The molecule has 0 saturated carbocycles. The van der Waals surface area contributed by atoms with Crippen LogP contribution in [0, 0.1) is 0 Å². The fourth-order valence-electron chi connectivity index (χ4n) is 5.05. The van der Waals surface area contributed by atoms with Crippen molar-refractivity contribution in [1.29, 1.82) is 0 Å². The summed E-state index contributed by atoms with van der Waals surface area (Å²) in [5, 5.41) is 0.